The van der Waals surface area contributed by atoms with E-state index >= 15 is 0 Å². The van der Waals surface area contributed by atoms with Crippen molar-refractivity contribution in [1.29, 1.82) is 0 Å². The lowest BCUT2D eigenvalue weighted by molar-refractivity contribution is -0.385. The third kappa shape index (κ3) is 5.64. The van der Waals surface area contributed by atoms with Gasteiger partial charge in [0.2, 0.25) is 11.8 Å². The maximum atomic E-state index is 13.0. The summed E-state index contributed by atoms with van der Waals surface area (Å²) in [6, 6.07) is 14.8. The SMILES string of the molecule is CCCNC(=O)[C@@H](C)N(Cc1ccccc1)C(=O)Cc1ccccc1[N+](=O)[O-]. The molecule has 0 radical (unpaired) electrons. The molecule has 0 saturated heterocycles. The molecule has 2 rings (SSSR count). The van der Waals surface area contributed by atoms with E-state index in [-0.39, 0.29) is 30.5 Å². The van der Waals surface area contributed by atoms with Gasteiger partial charge < -0.3 is 10.2 Å². The maximum absolute atomic E-state index is 13.0. The summed E-state index contributed by atoms with van der Waals surface area (Å²) in [5.74, 6) is -0.578. The molecular formula is C21H25N3O4. The molecule has 7 heteroatoms. The van der Waals surface area contributed by atoms with Crippen LogP contribution in [0.15, 0.2) is 54.6 Å². The van der Waals surface area contributed by atoms with Crippen LogP contribution in [-0.2, 0) is 22.6 Å². The largest absolute Gasteiger partial charge is 0.354 e. The first-order valence-electron chi connectivity index (χ1n) is 9.27. The minimum atomic E-state index is -0.693. The number of nitro benzene ring substituents is 1. The maximum Gasteiger partial charge on any atom is 0.273 e. The van der Waals surface area contributed by atoms with Crippen LogP contribution in [0, 0.1) is 10.1 Å². The van der Waals surface area contributed by atoms with Crippen LogP contribution in [0.2, 0.25) is 0 Å². The molecule has 7 nitrogen and oxygen atoms in total. The van der Waals surface area contributed by atoms with Gasteiger partial charge in [-0.1, -0.05) is 55.5 Å². The van der Waals surface area contributed by atoms with Crippen molar-refractivity contribution >= 4 is 17.5 Å². The Kier molecular flexibility index (Phi) is 7.68. The van der Waals surface area contributed by atoms with Gasteiger partial charge in [0.1, 0.15) is 6.04 Å². The minimum absolute atomic E-state index is 0.0985. The zero-order chi connectivity index (χ0) is 20.5. The first-order chi connectivity index (χ1) is 13.4. The summed E-state index contributed by atoms with van der Waals surface area (Å²) in [6.45, 7) is 4.40. The van der Waals surface area contributed by atoms with E-state index in [9.17, 15) is 19.7 Å². The number of amides is 2. The summed E-state index contributed by atoms with van der Waals surface area (Å²) in [5.41, 5.74) is 1.11. The Bertz CT molecular complexity index is 823. The fourth-order valence-electron chi connectivity index (χ4n) is 2.86. The molecule has 148 valence electrons. The molecule has 0 aliphatic carbocycles. The summed E-state index contributed by atoms with van der Waals surface area (Å²) < 4.78 is 0. The molecule has 2 aromatic rings. The van der Waals surface area contributed by atoms with Crippen molar-refractivity contribution in [2.45, 2.75) is 39.3 Å². The molecule has 1 N–H and O–H groups in total. The molecule has 0 spiro atoms. The fraction of sp³-hybridized carbons (Fsp3) is 0.333. The lowest BCUT2D eigenvalue weighted by Gasteiger charge is -2.29. The van der Waals surface area contributed by atoms with Gasteiger partial charge in [0.15, 0.2) is 0 Å². The van der Waals surface area contributed by atoms with Crippen LogP contribution < -0.4 is 5.32 Å². The highest BCUT2D eigenvalue weighted by Crippen LogP contribution is 2.20. The number of hydrogen-bond acceptors (Lipinski definition) is 4. The van der Waals surface area contributed by atoms with Gasteiger partial charge in [0.25, 0.3) is 5.69 Å². The second-order valence-corrected chi connectivity index (χ2v) is 6.54. The molecule has 2 aromatic carbocycles. The Labute approximate surface area is 164 Å². The van der Waals surface area contributed by atoms with Crippen molar-refractivity contribution in [3.8, 4) is 0 Å². The van der Waals surface area contributed by atoms with Crippen LogP contribution in [0.4, 0.5) is 5.69 Å². The van der Waals surface area contributed by atoms with Gasteiger partial charge in [-0.3, -0.25) is 19.7 Å². The smallest absolute Gasteiger partial charge is 0.273 e. The van der Waals surface area contributed by atoms with Crippen molar-refractivity contribution in [2.24, 2.45) is 0 Å². The van der Waals surface area contributed by atoms with E-state index in [0.717, 1.165) is 12.0 Å². The second-order valence-electron chi connectivity index (χ2n) is 6.54. The molecule has 1 atom stereocenters. The number of nitrogens with one attached hydrogen (secondary N) is 1. The van der Waals surface area contributed by atoms with Crippen molar-refractivity contribution in [2.75, 3.05) is 6.54 Å². The first kappa shape index (κ1) is 21.1. The van der Waals surface area contributed by atoms with E-state index in [2.05, 4.69) is 5.32 Å². The summed E-state index contributed by atoms with van der Waals surface area (Å²) >= 11 is 0. The summed E-state index contributed by atoms with van der Waals surface area (Å²) in [5, 5.41) is 14.0. The molecule has 0 aliphatic heterocycles. The number of nitrogens with zero attached hydrogens (tertiary/aromatic N) is 2. The zero-order valence-corrected chi connectivity index (χ0v) is 16.1. The van der Waals surface area contributed by atoms with E-state index in [4.69, 9.17) is 0 Å². The van der Waals surface area contributed by atoms with E-state index in [1.807, 2.05) is 37.3 Å². The number of hydrogen-bond donors (Lipinski definition) is 1. The molecule has 2 amide bonds. The summed E-state index contributed by atoms with van der Waals surface area (Å²) in [4.78, 5) is 37.7. The van der Waals surface area contributed by atoms with Crippen molar-refractivity contribution < 1.29 is 14.5 Å². The molecule has 0 unspecified atom stereocenters. The van der Waals surface area contributed by atoms with E-state index in [1.165, 1.54) is 11.0 Å². The van der Waals surface area contributed by atoms with Crippen molar-refractivity contribution in [1.82, 2.24) is 10.2 Å². The van der Waals surface area contributed by atoms with Gasteiger partial charge in [-0.2, -0.15) is 0 Å². The average Bonchev–Trinajstić information content (AvgIpc) is 2.70. The molecule has 0 saturated carbocycles. The Morgan fingerprint density at radius 3 is 2.39 bits per heavy atom. The number of para-hydroxylation sites is 1. The third-order valence-corrected chi connectivity index (χ3v) is 4.44. The monoisotopic (exact) mass is 383 g/mol. The number of benzene rings is 2. The van der Waals surface area contributed by atoms with Gasteiger partial charge in [0.05, 0.1) is 11.3 Å². The van der Waals surface area contributed by atoms with E-state index in [1.54, 1.807) is 25.1 Å². The highest BCUT2D eigenvalue weighted by atomic mass is 16.6. The van der Waals surface area contributed by atoms with Gasteiger partial charge in [-0.25, -0.2) is 0 Å². The van der Waals surface area contributed by atoms with Gasteiger partial charge in [-0.05, 0) is 18.9 Å². The second kappa shape index (κ2) is 10.2. The van der Waals surface area contributed by atoms with Gasteiger partial charge in [0, 0.05) is 24.7 Å². The average molecular weight is 383 g/mol. The van der Waals surface area contributed by atoms with Gasteiger partial charge in [-0.15, -0.1) is 0 Å². The molecule has 0 aliphatic rings. The molecule has 28 heavy (non-hydrogen) atoms. The summed E-state index contributed by atoms with van der Waals surface area (Å²) in [7, 11) is 0. The van der Waals surface area contributed by atoms with E-state index < -0.39 is 11.0 Å². The topological polar surface area (TPSA) is 92.6 Å². The molecular weight excluding hydrogens is 358 g/mol. The Morgan fingerprint density at radius 1 is 1.11 bits per heavy atom. The lowest BCUT2D eigenvalue weighted by atomic mass is 10.1. The van der Waals surface area contributed by atoms with E-state index in [0.29, 0.717) is 12.1 Å². The summed E-state index contributed by atoms with van der Waals surface area (Å²) in [6.07, 6.45) is 0.649. The van der Waals surface area contributed by atoms with Crippen LogP contribution in [-0.4, -0.2) is 34.2 Å². The van der Waals surface area contributed by atoms with Crippen molar-refractivity contribution in [3.63, 3.8) is 0 Å². The standard InChI is InChI=1S/C21H25N3O4/c1-3-13-22-21(26)16(2)23(15-17-9-5-4-6-10-17)20(25)14-18-11-7-8-12-19(18)24(27)28/h4-12,16H,3,13-15H2,1-2H3,(H,22,26)/t16-/m1/s1. The van der Waals surface area contributed by atoms with Crippen LogP contribution in [0.1, 0.15) is 31.4 Å². The number of carbonyl (C=O) groups excluding carboxylic acids is 2. The predicted octanol–water partition coefficient (Wildman–Crippen LogP) is 3.08. The minimum Gasteiger partial charge on any atom is -0.354 e. The lowest BCUT2D eigenvalue weighted by Crippen LogP contribution is -2.48. The number of nitro groups is 1. The quantitative estimate of drug-likeness (QED) is 0.532. The van der Waals surface area contributed by atoms with Crippen LogP contribution in [0.5, 0.6) is 0 Å². The Morgan fingerprint density at radius 2 is 1.75 bits per heavy atom. The highest BCUT2D eigenvalue weighted by Gasteiger charge is 2.27. The Hall–Kier alpha value is -3.22. The van der Waals surface area contributed by atoms with Crippen molar-refractivity contribution in [3.05, 3.63) is 75.8 Å². The first-order valence-corrected chi connectivity index (χ1v) is 9.27. The molecule has 0 aromatic heterocycles. The predicted molar refractivity (Wildman–Crippen MR) is 107 cm³/mol. The molecule has 0 fully saturated rings. The van der Waals surface area contributed by atoms with Crippen LogP contribution in [0.3, 0.4) is 0 Å². The van der Waals surface area contributed by atoms with Gasteiger partial charge >= 0.3 is 0 Å². The van der Waals surface area contributed by atoms with Crippen LogP contribution >= 0.6 is 0 Å². The number of rotatable bonds is 9. The third-order valence-electron chi connectivity index (χ3n) is 4.44. The van der Waals surface area contributed by atoms with Crippen LogP contribution in [0.25, 0.3) is 0 Å². The number of carbonyl (C=O) groups is 2. The fourth-order valence-corrected chi connectivity index (χ4v) is 2.86. The normalized spacial score (nSPS) is 11.5. The molecule has 0 heterocycles. The highest BCUT2D eigenvalue weighted by molar-refractivity contribution is 5.88. The Balaban J connectivity index is 2.26. The zero-order valence-electron chi connectivity index (χ0n) is 16.1. The molecule has 0 bridgehead atoms.